The van der Waals surface area contributed by atoms with Gasteiger partial charge in [0.05, 0.1) is 5.69 Å². The topological polar surface area (TPSA) is 70.9 Å². The first-order valence-electron chi connectivity index (χ1n) is 8.05. The average Bonchev–Trinajstić information content (AvgIpc) is 2.93. The van der Waals surface area contributed by atoms with Gasteiger partial charge in [-0.1, -0.05) is 29.8 Å². The predicted molar refractivity (Wildman–Crippen MR) is 96.5 cm³/mol. The Balaban J connectivity index is 1.73. The summed E-state index contributed by atoms with van der Waals surface area (Å²) in [6, 6.07) is 14.9. The van der Waals surface area contributed by atoms with Crippen molar-refractivity contribution in [3.8, 4) is 22.8 Å². The van der Waals surface area contributed by atoms with Crippen LogP contribution in [0.25, 0.3) is 17.1 Å². The molecule has 0 amide bonds. The number of phenols is 1. The molecule has 2 aromatic carbocycles. The van der Waals surface area contributed by atoms with E-state index in [1.807, 2.05) is 31.2 Å². The lowest BCUT2D eigenvalue weighted by Gasteiger charge is -2.06. The summed E-state index contributed by atoms with van der Waals surface area (Å²) in [6.45, 7) is 2.04. The lowest BCUT2D eigenvalue weighted by Crippen LogP contribution is -2.15. The van der Waals surface area contributed by atoms with E-state index in [-0.39, 0.29) is 11.3 Å². The van der Waals surface area contributed by atoms with Gasteiger partial charge in [-0.05, 0) is 42.3 Å². The lowest BCUT2D eigenvalue weighted by molar-refractivity contribution is 0.475. The van der Waals surface area contributed by atoms with E-state index in [1.165, 1.54) is 5.56 Å². The second-order valence-electron chi connectivity index (χ2n) is 6.13. The summed E-state index contributed by atoms with van der Waals surface area (Å²) in [5.41, 5.74) is 4.34. The Bertz CT molecular complexity index is 1040. The molecule has 0 spiro atoms. The molecule has 5 heteroatoms. The summed E-state index contributed by atoms with van der Waals surface area (Å²) >= 11 is 0. The molecule has 124 valence electrons. The summed E-state index contributed by atoms with van der Waals surface area (Å²) < 4.78 is 1.56. The van der Waals surface area contributed by atoms with Gasteiger partial charge < -0.3 is 10.1 Å². The molecule has 2 aliphatic heterocycles. The van der Waals surface area contributed by atoms with E-state index >= 15 is 0 Å². The number of aromatic amines is 1. The Hall–Kier alpha value is -3.34. The lowest BCUT2D eigenvalue weighted by atomic mass is 10.1. The SMILES string of the molecule is Cc1ccc(Cc2nc3c[nH]c(-c4ccc(O)cc4)cn-3c2=O)cc1. The summed E-state index contributed by atoms with van der Waals surface area (Å²) in [5.74, 6) is 0.798. The van der Waals surface area contributed by atoms with Crippen molar-refractivity contribution >= 4 is 0 Å². The van der Waals surface area contributed by atoms with E-state index in [1.54, 1.807) is 41.2 Å². The van der Waals surface area contributed by atoms with Crippen LogP contribution >= 0.6 is 0 Å². The molecule has 0 saturated carbocycles. The van der Waals surface area contributed by atoms with Crippen molar-refractivity contribution in [2.45, 2.75) is 13.3 Å². The number of fused-ring (bicyclic) bond motifs is 1. The van der Waals surface area contributed by atoms with Crippen molar-refractivity contribution in [3.05, 3.63) is 88.1 Å². The van der Waals surface area contributed by atoms with Crippen molar-refractivity contribution in [1.82, 2.24) is 14.5 Å². The smallest absolute Gasteiger partial charge is 0.278 e. The fourth-order valence-corrected chi connectivity index (χ4v) is 2.83. The Morgan fingerprint density at radius 3 is 2.52 bits per heavy atom. The molecule has 2 heterocycles. The van der Waals surface area contributed by atoms with Crippen LogP contribution in [0.4, 0.5) is 0 Å². The van der Waals surface area contributed by atoms with Crippen LogP contribution in [0, 0.1) is 6.92 Å². The van der Waals surface area contributed by atoms with Gasteiger partial charge in [-0.25, -0.2) is 4.98 Å². The van der Waals surface area contributed by atoms with Gasteiger partial charge in [-0.3, -0.25) is 9.36 Å². The number of H-pyrrole nitrogens is 1. The Morgan fingerprint density at radius 2 is 1.80 bits per heavy atom. The standard InChI is InChI=1S/C20H17N3O2/c1-13-2-4-14(5-3-13)10-17-20(25)23-12-18(21-11-19(23)22-17)15-6-8-16(24)9-7-15/h2-9,11-12,21,24H,10H2,1H3. The van der Waals surface area contributed by atoms with Gasteiger partial charge in [0.1, 0.15) is 11.4 Å². The third-order valence-corrected chi connectivity index (χ3v) is 4.25. The Labute approximate surface area is 144 Å². The van der Waals surface area contributed by atoms with Crippen LogP contribution in [0.2, 0.25) is 0 Å². The number of hydrogen-bond donors (Lipinski definition) is 2. The number of aryl methyl sites for hydroxylation is 1. The number of imidazole rings is 1. The maximum Gasteiger partial charge on any atom is 0.278 e. The average molecular weight is 331 g/mol. The van der Waals surface area contributed by atoms with Gasteiger partial charge in [-0.15, -0.1) is 0 Å². The van der Waals surface area contributed by atoms with Gasteiger partial charge in [0.2, 0.25) is 0 Å². The first-order valence-corrected chi connectivity index (χ1v) is 8.05. The minimum Gasteiger partial charge on any atom is -0.508 e. The Kier molecular flexibility index (Phi) is 3.61. The highest BCUT2D eigenvalue weighted by Crippen LogP contribution is 2.21. The molecule has 0 fully saturated rings. The summed E-state index contributed by atoms with van der Waals surface area (Å²) in [6.07, 6.45) is 3.98. The molecule has 0 unspecified atom stereocenters. The van der Waals surface area contributed by atoms with Crippen molar-refractivity contribution in [1.29, 1.82) is 0 Å². The fourth-order valence-electron chi connectivity index (χ4n) is 2.83. The second kappa shape index (κ2) is 5.94. The number of hydrogen-bond acceptors (Lipinski definition) is 3. The Morgan fingerprint density at radius 1 is 1.08 bits per heavy atom. The van der Waals surface area contributed by atoms with Crippen molar-refractivity contribution in [2.24, 2.45) is 0 Å². The highest BCUT2D eigenvalue weighted by atomic mass is 16.3. The second-order valence-corrected chi connectivity index (χ2v) is 6.13. The van der Waals surface area contributed by atoms with E-state index in [2.05, 4.69) is 9.97 Å². The normalized spacial score (nSPS) is 11.1. The van der Waals surface area contributed by atoms with Crippen LogP contribution in [0.3, 0.4) is 0 Å². The third-order valence-electron chi connectivity index (χ3n) is 4.25. The number of rotatable bonds is 3. The molecular formula is C20H17N3O2. The number of phenolic OH excluding ortho intramolecular Hbond substituents is 1. The maximum atomic E-state index is 12.7. The first kappa shape index (κ1) is 15.2. The number of aromatic hydroxyl groups is 1. The van der Waals surface area contributed by atoms with Crippen LogP contribution < -0.4 is 5.56 Å². The monoisotopic (exact) mass is 331 g/mol. The molecule has 2 N–H and O–H groups in total. The number of nitrogens with zero attached hydrogens (tertiary/aromatic N) is 2. The van der Waals surface area contributed by atoms with Crippen LogP contribution in [0.15, 0.2) is 65.7 Å². The van der Waals surface area contributed by atoms with E-state index in [9.17, 15) is 9.90 Å². The molecule has 0 aromatic heterocycles. The van der Waals surface area contributed by atoms with Crippen molar-refractivity contribution in [3.63, 3.8) is 0 Å². The number of benzene rings is 2. The van der Waals surface area contributed by atoms with E-state index in [0.717, 1.165) is 16.8 Å². The zero-order valence-corrected chi connectivity index (χ0v) is 13.7. The number of nitrogens with one attached hydrogen (secondary N) is 1. The van der Waals surface area contributed by atoms with Gasteiger partial charge in [0.15, 0.2) is 5.82 Å². The zero-order chi connectivity index (χ0) is 17.4. The molecule has 0 saturated heterocycles. The molecule has 5 nitrogen and oxygen atoms in total. The van der Waals surface area contributed by atoms with E-state index in [4.69, 9.17) is 0 Å². The van der Waals surface area contributed by atoms with Crippen LogP contribution in [0.5, 0.6) is 5.75 Å². The molecule has 0 atom stereocenters. The predicted octanol–water partition coefficient (Wildman–Crippen LogP) is 3.27. The quantitative estimate of drug-likeness (QED) is 0.605. The highest BCUT2D eigenvalue weighted by Gasteiger charge is 2.15. The molecule has 2 aromatic rings. The summed E-state index contributed by atoms with van der Waals surface area (Å²) in [4.78, 5) is 20.3. The molecule has 4 rings (SSSR count). The van der Waals surface area contributed by atoms with Crippen LogP contribution in [0.1, 0.15) is 16.8 Å². The minimum atomic E-state index is -0.107. The molecule has 0 aliphatic carbocycles. The summed E-state index contributed by atoms with van der Waals surface area (Å²) in [5, 5.41) is 9.40. The van der Waals surface area contributed by atoms with E-state index < -0.39 is 0 Å². The zero-order valence-electron chi connectivity index (χ0n) is 13.7. The molecule has 2 aliphatic rings. The molecular weight excluding hydrogens is 314 g/mol. The first-order chi connectivity index (χ1) is 12.1. The van der Waals surface area contributed by atoms with Gasteiger partial charge in [0, 0.05) is 18.8 Å². The van der Waals surface area contributed by atoms with Crippen molar-refractivity contribution in [2.75, 3.05) is 0 Å². The van der Waals surface area contributed by atoms with Gasteiger partial charge in [-0.2, -0.15) is 0 Å². The molecule has 0 radical (unpaired) electrons. The van der Waals surface area contributed by atoms with Gasteiger partial charge in [0.25, 0.3) is 5.56 Å². The van der Waals surface area contributed by atoms with E-state index in [0.29, 0.717) is 17.9 Å². The van der Waals surface area contributed by atoms with Gasteiger partial charge >= 0.3 is 0 Å². The summed E-state index contributed by atoms with van der Waals surface area (Å²) in [7, 11) is 0. The number of aromatic nitrogens is 3. The maximum absolute atomic E-state index is 12.7. The molecule has 0 bridgehead atoms. The fraction of sp³-hybridized carbons (Fsp3) is 0.100. The molecule has 25 heavy (non-hydrogen) atoms. The minimum absolute atomic E-state index is 0.107. The van der Waals surface area contributed by atoms with Crippen LogP contribution in [-0.2, 0) is 6.42 Å². The largest absolute Gasteiger partial charge is 0.508 e. The van der Waals surface area contributed by atoms with Crippen molar-refractivity contribution < 1.29 is 5.11 Å². The third kappa shape index (κ3) is 2.92. The highest BCUT2D eigenvalue weighted by molar-refractivity contribution is 5.60. The van der Waals surface area contributed by atoms with Crippen LogP contribution in [-0.4, -0.2) is 19.6 Å².